The third-order valence-corrected chi connectivity index (χ3v) is 2.55. The molecular formula is C13H12F2N2O. The van der Waals surface area contributed by atoms with Gasteiger partial charge in [-0.1, -0.05) is 6.07 Å². The van der Waals surface area contributed by atoms with Gasteiger partial charge in [0.05, 0.1) is 12.1 Å². The van der Waals surface area contributed by atoms with E-state index < -0.39 is 11.6 Å². The van der Waals surface area contributed by atoms with Crippen LogP contribution in [0.3, 0.4) is 0 Å². The maximum atomic E-state index is 13.3. The highest BCUT2D eigenvalue weighted by atomic mass is 19.1. The molecule has 0 amide bonds. The number of halogens is 2. The number of rotatable bonds is 4. The molecule has 18 heavy (non-hydrogen) atoms. The minimum atomic E-state index is -0.690. The van der Waals surface area contributed by atoms with E-state index in [1.807, 2.05) is 0 Å². The molecule has 0 aliphatic rings. The van der Waals surface area contributed by atoms with E-state index in [9.17, 15) is 13.6 Å². The van der Waals surface area contributed by atoms with Crippen LogP contribution in [0.1, 0.15) is 11.3 Å². The Morgan fingerprint density at radius 2 is 2.06 bits per heavy atom. The number of aryl methyl sites for hydroxylation is 1. The highest BCUT2D eigenvalue weighted by Crippen LogP contribution is 2.11. The van der Waals surface area contributed by atoms with Gasteiger partial charge in [-0.2, -0.15) is 5.10 Å². The standard InChI is InChI=1S/C13H12F2N2O/c1-17-5-4-11(16-17)8-12(18)6-9-2-3-10(14)7-13(9)15/h2-5,7H,6,8H2,1H3. The average molecular weight is 250 g/mol. The summed E-state index contributed by atoms with van der Waals surface area (Å²) in [6.07, 6.45) is 1.83. The molecule has 2 rings (SSSR count). The van der Waals surface area contributed by atoms with Gasteiger partial charge in [0.25, 0.3) is 0 Å². The lowest BCUT2D eigenvalue weighted by atomic mass is 10.1. The Bertz CT molecular complexity index is 578. The van der Waals surface area contributed by atoms with Crippen LogP contribution in [-0.2, 0) is 24.7 Å². The first-order chi connectivity index (χ1) is 8.54. The molecule has 0 aliphatic carbocycles. The highest BCUT2D eigenvalue weighted by Gasteiger charge is 2.11. The fraction of sp³-hybridized carbons (Fsp3) is 0.231. The van der Waals surface area contributed by atoms with Crippen molar-refractivity contribution in [1.82, 2.24) is 9.78 Å². The van der Waals surface area contributed by atoms with E-state index in [0.717, 1.165) is 12.1 Å². The van der Waals surface area contributed by atoms with Crippen LogP contribution in [0, 0.1) is 11.6 Å². The van der Waals surface area contributed by atoms with Gasteiger partial charge in [-0.05, 0) is 17.7 Å². The number of Topliss-reactive ketones (excluding diaryl/α,β-unsaturated/α-hetero) is 1. The SMILES string of the molecule is Cn1ccc(CC(=O)Cc2ccc(F)cc2F)n1. The predicted molar refractivity (Wildman–Crippen MR) is 62.0 cm³/mol. The van der Waals surface area contributed by atoms with E-state index in [-0.39, 0.29) is 24.2 Å². The lowest BCUT2D eigenvalue weighted by molar-refractivity contribution is -0.117. The number of hydrogen-bond donors (Lipinski definition) is 0. The maximum absolute atomic E-state index is 13.3. The molecule has 94 valence electrons. The summed E-state index contributed by atoms with van der Waals surface area (Å²) in [6, 6.07) is 4.95. The number of nitrogens with zero attached hydrogens (tertiary/aromatic N) is 2. The molecule has 0 atom stereocenters. The van der Waals surface area contributed by atoms with E-state index in [2.05, 4.69) is 5.10 Å². The molecule has 0 fully saturated rings. The molecule has 0 radical (unpaired) electrons. The van der Waals surface area contributed by atoms with Crippen molar-refractivity contribution in [1.29, 1.82) is 0 Å². The predicted octanol–water partition coefficient (Wildman–Crippen LogP) is 2.05. The quantitative estimate of drug-likeness (QED) is 0.832. The Morgan fingerprint density at radius 3 is 2.67 bits per heavy atom. The van der Waals surface area contributed by atoms with Gasteiger partial charge in [0.1, 0.15) is 17.4 Å². The van der Waals surface area contributed by atoms with Crippen LogP contribution in [-0.4, -0.2) is 15.6 Å². The van der Waals surface area contributed by atoms with Crippen molar-refractivity contribution in [2.75, 3.05) is 0 Å². The molecule has 0 unspecified atom stereocenters. The van der Waals surface area contributed by atoms with E-state index >= 15 is 0 Å². The zero-order valence-electron chi connectivity index (χ0n) is 9.86. The molecule has 5 heteroatoms. The smallest absolute Gasteiger partial charge is 0.143 e. The van der Waals surface area contributed by atoms with Crippen molar-refractivity contribution in [3.05, 3.63) is 53.4 Å². The monoisotopic (exact) mass is 250 g/mol. The molecule has 0 aliphatic heterocycles. The van der Waals surface area contributed by atoms with Crippen LogP contribution in [0.15, 0.2) is 30.5 Å². The summed E-state index contributed by atoms with van der Waals surface area (Å²) in [5.74, 6) is -1.49. The molecule has 3 nitrogen and oxygen atoms in total. The second kappa shape index (κ2) is 5.08. The molecule has 2 aromatic rings. The second-order valence-electron chi connectivity index (χ2n) is 4.11. The lowest BCUT2D eigenvalue weighted by Crippen LogP contribution is -2.09. The van der Waals surface area contributed by atoms with Crippen LogP contribution in [0.2, 0.25) is 0 Å². The number of carbonyl (C=O) groups is 1. The molecule has 0 saturated carbocycles. The van der Waals surface area contributed by atoms with Crippen LogP contribution in [0.5, 0.6) is 0 Å². The van der Waals surface area contributed by atoms with Gasteiger partial charge in [-0.25, -0.2) is 8.78 Å². The molecule has 0 N–H and O–H groups in total. The van der Waals surface area contributed by atoms with Crippen molar-refractivity contribution < 1.29 is 13.6 Å². The third-order valence-electron chi connectivity index (χ3n) is 2.55. The van der Waals surface area contributed by atoms with Crippen LogP contribution < -0.4 is 0 Å². The van der Waals surface area contributed by atoms with Gasteiger partial charge >= 0.3 is 0 Å². The van der Waals surface area contributed by atoms with Gasteiger partial charge in [-0.3, -0.25) is 9.48 Å². The van der Waals surface area contributed by atoms with Crippen molar-refractivity contribution >= 4 is 5.78 Å². The lowest BCUT2D eigenvalue weighted by Gasteiger charge is -2.02. The Morgan fingerprint density at radius 1 is 1.28 bits per heavy atom. The minimum absolute atomic E-state index is 0.0529. The normalized spacial score (nSPS) is 10.6. The summed E-state index contributed by atoms with van der Waals surface area (Å²) >= 11 is 0. The highest BCUT2D eigenvalue weighted by molar-refractivity contribution is 5.82. The molecule has 0 spiro atoms. The van der Waals surface area contributed by atoms with Crippen LogP contribution in [0.25, 0.3) is 0 Å². The molecule has 1 aromatic heterocycles. The first-order valence-corrected chi connectivity index (χ1v) is 5.49. The molecular weight excluding hydrogens is 238 g/mol. The van der Waals surface area contributed by atoms with E-state index in [1.165, 1.54) is 6.07 Å². The van der Waals surface area contributed by atoms with Crippen molar-refractivity contribution in [3.63, 3.8) is 0 Å². The Balaban J connectivity index is 2.03. The van der Waals surface area contributed by atoms with E-state index in [1.54, 1.807) is 24.0 Å². The summed E-state index contributed by atoms with van der Waals surface area (Å²) in [5, 5.41) is 4.07. The zero-order chi connectivity index (χ0) is 13.1. The van der Waals surface area contributed by atoms with Gasteiger partial charge in [0, 0.05) is 25.7 Å². The zero-order valence-corrected chi connectivity index (χ0v) is 9.86. The number of benzene rings is 1. The first-order valence-electron chi connectivity index (χ1n) is 5.49. The first kappa shape index (κ1) is 12.4. The summed E-state index contributed by atoms with van der Waals surface area (Å²) in [7, 11) is 1.76. The number of ketones is 1. The van der Waals surface area contributed by atoms with Gasteiger partial charge in [0.2, 0.25) is 0 Å². The largest absolute Gasteiger partial charge is 0.299 e. The summed E-state index contributed by atoms with van der Waals surface area (Å²) in [4.78, 5) is 11.7. The van der Waals surface area contributed by atoms with Crippen LogP contribution >= 0.6 is 0 Å². The van der Waals surface area contributed by atoms with Crippen LogP contribution in [0.4, 0.5) is 8.78 Å². The Kier molecular flexibility index (Phi) is 3.50. The third kappa shape index (κ3) is 3.00. The molecule has 0 saturated heterocycles. The topological polar surface area (TPSA) is 34.9 Å². The Labute approximate surface area is 103 Å². The van der Waals surface area contributed by atoms with Crippen molar-refractivity contribution in [2.24, 2.45) is 7.05 Å². The number of aromatic nitrogens is 2. The summed E-state index contributed by atoms with van der Waals surface area (Å²) in [5.41, 5.74) is 0.849. The minimum Gasteiger partial charge on any atom is -0.299 e. The van der Waals surface area contributed by atoms with Crippen molar-refractivity contribution in [2.45, 2.75) is 12.8 Å². The second-order valence-corrected chi connectivity index (χ2v) is 4.11. The fourth-order valence-corrected chi connectivity index (χ4v) is 1.70. The summed E-state index contributed by atoms with van der Waals surface area (Å²) < 4.78 is 27.6. The molecule has 0 bridgehead atoms. The van der Waals surface area contributed by atoms with Crippen molar-refractivity contribution in [3.8, 4) is 0 Å². The Hall–Kier alpha value is -2.04. The maximum Gasteiger partial charge on any atom is 0.143 e. The number of hydrogen-bond acceptors (Lipinski definition) is 2. The average Bonchev–Trinajstić information content (AvgIpc) is 2.68. The fourth-order valence-electron chi connectivity index (χ4n) is 1.70. The van der Waals surface area contributed by atoms with Gasteiger partial charge in [0.15, 0.2) is 0 Å². The van der Waals surface area contributed by atoms with Gasteiger partial charge in [-0.15, -0.1) is 0 Å². The molecule has 1 aromatic carbocycles. The van der Waals surface area contributed by atoms with E-state index in [4.69, 9.17) is 0 Å². The number of carbonyl (C=O) groups excluding carboxylic acids is 1. The summed E-state index contributed by atoms with van der Waals surface area (Å²) in [6.45, 7) is 0. The molecule has 1 heterocycles. The van der Waals surface area contributed by atoms with Gasteiger partial charge < -0.3 is 0 Å². The van der Waals surface area contributed by atoms with E-state index in [0.29, 0.717) is 5.69 Å².